The highest BCUT2D eigenvalue weighted by atomic mass is 15.0. The summed E-state index contributed by atoms with van der Waals surface area (Å²) in [6.45, 7) is 0. The maximum Gasteiger partial charge on any atom is 0.0547 e. The summed E-state index contributed by atoms with van der Waals surface area (Å²) < 4.78 is 2.38. The van der Waals surface area contributed by atoms with E-state index in [4.69, 9.17) is 0 Å². The van der Waals surface area contributed by atoms with Crippen molar-refractivity contribution >= 4 is 65.5 Å². The van der Waals surface area contributed by atoms with Crippen LogP contribution in [0, 0.1) is 0 Å². The molecule has 0 unspecified atom stereocenters. The Hall–Kier alpha value is -8.20. The Balaban J connectivity index is 0.875. The van der Waals surface area contributed by atoms with Crippen molar-refractivity contribution in [3.63, 3.8) is 0 Å². The lowest BCUT2D eigenvalue weighted by Gasteiger charge is -2.16. The monoisotopic (exact) mass is 788 g/mol. The van der Waals surface area contributed by atoms with Gasteiger partial charge in [0.25, 0.3) is 0 Å². The minimum atomic E-state index is 1.04. The van der Waals surface area contributed by atoms with Crippen LogP contribution in [0.1, 0.15) is 0 Å². The van der Waals surface area contributed by atoms with E-state index in [1.54, 1.807) is 0 Å². The van der Waals surface area contributed by atoms with Crippen LogP contribution in [0.15, 0.2) is 237 Å². The van der Waals surface area contributed by atoms with Gasteiger partial charge in [-0.1, -0.05) is 182 Å². The molecule has 62 heavy (non-hydrogen) atoms. The summed E-state index contributed by atoms with van der Waals surface area (Å²) >= 11 is 0. The zero-order valence-electron chi connectivity index (χ0n) is 34.0. The van der Waals surface area contributed by atoms with Crippen molar-refractivity contribution < 1.29 is 0 Å². The first kappa shape index (κ1) is 35.7. The average Bonchev–Trinajstić information content (AvgIpc) is 3.68. The Bertz CT molecular complexity index is 3600. The number of benzene rings is 11. The van der Waals surface area contributed by atoms with Gasteiger partial charge in [0.1, 0.15) is 0 Å². The van der Waals surface area contributed by atoms with Gasteiger partial charge in [0.2, 0.25) is 0 Å². The van der Waals surface area contributed by atoms with E-state index in [1.165, 1.54) is 81.9 Å². The highest BCUT2D eigenvalue weighted by Crippen LogP contribution is 2.40. The smallest absolute Gasteiger partial charge is 0.0547 e. The number of nitrogens with one attached hydrogen (secondary N) is 1. The van der Waals surface area contributed by atoms with Crippen molar-refractivity contribution in [2.75, 3.05) is 5.32 Å². The van der Waals surface area contributed by atoms with E-state index in [0.29, 0.717) is 0 Å². The number of nitrogens with zero attached hydrogens (tertiary/aromatic N) is 1. The second kappa shape index (κ2) is 14.8. The third-order valence-electron chi connectivity index (χ3n) is 12.6. The van der Waals surface area contributed by atoms with Crippen LogP contribution in [0.4, 0.5) is 11.4 Å². The summed E-state index contributed by atoms with van der Waals surface area (Å²) in [6, 6.07) is 85.9. The lowest BCUT2D eigenvalue weighted by molar-refractivity contribution is 1.18. The van der Waals surface area contributed by atoms with E-state index in [1.807, 2.05) is 0 Å². The SMILES string of the molecule is c1ccc(-c2cc(-c3ccc4c5ccccc5n(-c5ccccc5)c4c3)ccc2Nc2cccc(-c3ccc(-c4ccc5c6ccccc6c6ccccc6c5c4)cc3)c2)cc1. The maximum absolute atomic E-state index is 3.82. The number of para-hydroxylation sites is 2. The molecule has 11 aromatic carbocycles. The van der Waals surface area contributed by atoms with Gasteiger partial charge < -0.3 is 9.88 Å². The molecule has 0 aliphatic heterocycles. The highest BCUT2D eigenvalue weighted by molar-refractivity contribution is 6.25. The van der Waals surface area contributed by atoms with Crippen LogP contribution in [-0.4, -0.2) is 4.57 Å². The summed E-state index contributed by atoms with van der Waals surface area (Å²) in [6.07, 6.45) is 0. The maximum atomic E-state index is 3.82. The molecule has 0 radical (unpaired) electrons. The molecule has 0 saturated carbocycles. The largest absolute Gasteiger partial charge is 0.355 e. The number of hydrogen-bond acceptors (Lipinski definition) is 1. The van der Waals surface area contributed by atoms with Crippen LogP contribution in [0.3, 0.4) is 0 Å². The zero-order chi connectivity index (χ0) is 41.0. The van der Waals surface area contributed by atoms with Crippen LogP contribution < -0.4 is 5.32 Å². The molecule has 0 spiro atoms. The molecule has 1 N–H and O–H groups in total. The first-order valence-electron chi connectivity index (χ1n) is 21.3. The molecule has 12 aromatic rings. The Kier molecular flexibility index (Phi) is 8.53. The van der Waals surface area contributed by atoms with Crippen molar-refractivity contribution in [3.05, 3.63) is 237 Å². The molecule has 0 amide bonds. The lowest BCUT2D eigenvalue weighted by Crippen LogP contribution is -1.95. The van der Waals surface area contributed by atoms with Crippen molar-refractivity contribution in [2.45, 2.75) is 0 Å². The molecule has 290 valence electrons. The fourth-order valence-corrected chi connectivity index (χ4v) is 9.57. The Morgan fingerprint density at radius 3 is 1.42 bits per heavy atom. The summed E-state index contributed by atoms with van der Waals surface area (Å²) in [5, 5.41) is 14.1. The minimum Gasteiger partial charge on any atom is -0.355 e. The lowest BCUT2D eigenvalue weighted by atomic mass is 9.92. The van der Waals surface area contributed by atoms with Gasteiger partial charge in [0.15, 0.2) is 0 Å². The molecule has 0 aliphatic carbocycles. The molecular formula is C60H40N2. The van der Waals surface area contributed by atoms with Gasteiger partial charge in [0, 0.05) is 33.4 Å². The molecule has 0 saturated heterocycles. The quantitative estimate of drug-likeness (QED) is 0.159. The summed E-state index contributed by atoms with van der Waals surface area (Å²) in [5.74, 6) is 0. The number of hydrogen-bond donors (Lipinski definition) is 1. The van der Waals surface area contributed by atoms with E-state index < -0.39 is 0 Å². The van der Waals surface area contributed by atoms with Gasteiger partial charge >= 0.3 is 0 Å². The molecule has 0 atom stereocenters. The molecule has 0 bridgehead atoms. The predicted octanol–water partition coefficient (Wildman–Crippen LogP) is 16.7. The fourth-order valence-electron chi connectivity index (χ4n) is 9.57. The molecule has 1 heterocycles. The van der Waals surface area contributed by atoms with E-state index in [2.05, 4.69) is 246 Å². The number of anilines is 2. The van der Waals surface area contributed by atoms with Gasteiger partial charge in [-0.25, -0.2) is 0 Å². The molecule has 2 heteroatoms. The summed E-state index contributed by atoms with van der Waals surface area (Å²) in [5.41, 5.74) is 15.1. The highest BCUT2D eigenvalue weighted by Gasteiger charge is 2.15. The second-order valence-corrected chi connectivity index (χ2v) is 16.2. The van der Waals surface area contributed by atoms with Crippen molar-refractivity contribution in [1.82, 2.24) is 4.57 Å². The Labute approximate surface area is 360 Å². The van der Waals surface area contributed by atoms with Crippen LogP contribution in [0.25, 0.3) is 104 Å². The molecule has 1 aromatic heterocycles. The molecule has 0 fully saturated rings. The fraction of sp³-hybridized carbons (Fsp3) is 0. The summed E-state index contributed by atoms with van der Waals surface area (Å²) in [7, 11) is 0. The number of rotatable bonds is 7. The standard InChI is InChI=1S/C60H40N2/c1-3-14-42(15-4-1)56-37-45(46-31-34-55-54-24-11-12-25-59(54)62(60(55)39-46)48-18-5-2-6-19-48)32-35-58(56)61-47-17-13-16-43(36-47)40-26-28-41(29-27-40)44-30-33-53-51-22-8-7-20-49(51)50-21-9-10-23-52(50)57(53)38-44/h1-39,61H. The van der Waals surface area contributed by atoms with Crippen LogP contribution in [-0.2, 0) is 0 Å². The van der Waals surface area contributed by atoms with Gasteiger partial charge in [-0.05, 0) is 126 Å². The molecular weight excluding hydrogens is 749 g/mol. The minimum absolute atomic E-state index is 1.04. The zero-order valence-corrected chi connectivity index (χ0v) is 34.0. The Morgan fingerprint density at radius 2 is 0.726 bits per heavy atom. The first-order chi connectivity index (χ1) is 30.7. The van der Waals surface area contributed by atoms with Crippen molar-refractivity contribution in [3.8, 4) is 50.2 Å². The topological polar surface area (TPSA) is 17.0 Å². The van der Waals surface area contributed by atoms with E-state index in [0.717, 1.165) is 33.8 Å². The number of fused-ring (bicyclic) bond motifs is 9. The third-order valence-corrected chi connectivity index (χ3v) is 12.6. The van der Waals surface area contributed by atoms with E-state index >= 15 is 0 Å². The predicted molar refractivity (Wildman–Crippen MR) is 265 cm³/mol. The van der Waals surface area contributed by atoms with Crippen molar-refractivity contribution in [1.29, 1.82) is 0 Å². The molecule has 12 rings (SSSR count). The summed E-state index contributed by atoms with van der Waals surface area (Å²) in [4.78, 5) is 0. The van der Waals surface area contributed by atoms with E-state index in [-0.39, 0.29) is 0 Å². The first-order valence-corrected chi connectivity index (χ1v) is 21.3. The van der Waals surface area contributed by atoms with Gasteiger partial charge in [-0.15, -0.1) is 0 Å². The Morgan fingerprint density at radius 1 is 0.258 bits per heavy atom. The normalized spacial score (nSPS) is 11.5. The van der Waals surface area contributed by atoms with Crippen LogP contribution >= 0.6 is 0 Å². The average molecular weight is 789 g/mol. The van der Waals surface area contributed by atoms with Gasteiger partial charge in [-0.2, -0.15) is 0 Å². The van der Waals surface area contributed by atoms with Crippen molar-refractivity contribution in [2.24, 2.45) is 0 Å². The van der Waals surface area contributed by atoms with Gasteiger partial charge in [-0.3, -0.25) is 0 Å². The molecule has 2 nitrogen and oxygen atoms in total. The van der Waals surface area contributed by atoms with Crippen LogP contribution in [0.5, 0.6) is 0 Å². The second-order valence-electron chi connectivity index (χ2n) is 16.2. The third kappa shape index (κ3) is 6.12. The van der Waals surface area contributed by atoms with E-state index in [9.17, 15) is 0 Å². The number of aromatic nitrogens is 1. The van der Waals surface area contributed by atoms with Crippen LogP contribution in [0.2, 0.25) is 0 Å². The van der Waals surface area contributed by atoms with Gasteiger partial charge in [0.05, 0.1) is 11.0 Å². The molecule has 0 aliphatic rings.